The normalized spacial score (nSPS) is 25.0. The van der Waals surface area contributed by atoms with Gasteiger partial charge in [-0.2, -0.15) is 4.31 Å². The standard InChI is InChI=1S/C13H21BrN2O2S2/c1-9-5-4-6-10(2)16(9)20(17,18)12-7-11(8-15-3)19-13(12)14/h7,9-10,15H,4-6,8H2,1-3H3/t9-,10+. The number of halogens is 1. The molecule has 1 N–H and O–H groups in total. The molecule has 0 aliphatic carbocycles. The van der Waals surface area contributed by atoms with E-state index in [1.807, 2.05) is 20.9 Å². The third kappa shape index (κ3) is 3.11. The van der Waals surface area contributed by atoms with E-state index in [2.05, 4.69) is 21.2 Å². The molecular weight excluding hydrogens is 360 g/mol. The Kier molecular flexibility index (Phi) is 5.29. The Labute approximate surface area is 133 Å². The van der Waals surface area contributed by atoms with E-state index >= 15 is 0 Å². The minimum absolute atomic E-state index is 0.0725. The molecular formula is C13H21BrN2O2S2. The van der Waals surface area contributed by atoms with E-state index in [0.29, 0.717) is 15.2 Å². The highest BCUT2D eigenvalue weighted by Gasteiger charge is 2.37. The zero-order valence-corrected chi connectivity index (χ0v) is 15.2. The second-order valence-corrected chi connectivity index (χ2v) is 9.61. The van der Waals surface area contributed by atoms with Crippen LogP contribution < -0.4 is 5.32 Å². The maximum atomic E-state index is 12.9. The van der Waals surface area contributed by atoms with Crippen molar-refractivity contribution >= 4 is 37.3 Å². The first-order chi connectivity index (χ1) is 9.37. The quantitative estimate of drug-likeness (QED) is 0.872. The van der Waals surface area contributed by atoms with Gasteiger partial charge in [-0.15, -0.1) is 11.3 Å². The van der Waals surface area contributed by atoms with Crippen LogP contribution in [0, 0.1) is 0 Å². The zero-order valence-electron chi connectivity index (χ0n) is 12.0. The Balaban J connectivity index is 2.38. The Hall–Kier alpha value is 0.0500. The molecule has 4 nitrogen and oxygen atoms in total. The highest BCUT2D eigenvalue weighted by Crippen LogP contribution is 2.37. The largest absolute Gasteiger partial charge is 0.315 e. The molecule has 0 unspecified atom stereocenters. The summed E-state index contributed by atoms with van der Waals surface area (Å²) in [7, 11) is -1.56. The lowest BCUT2D eigenvalue weighted by molar-refractivity contribution is 0.204. The highest BCUT2D eigenvalue weighted by molar-refractivity contribution is 9.11. The molecule has 20 heavy (non-hydrogen) atoms. The van der Waals surface area contributed by atoms with Crippen LogP contribution in [0.4, 0.5) is 0 Å². The van der Waals surface area contributed by atoms with Crippen LogP contribution in [0.3, 0.4) is 0 Å². The van der Waals surface area contributed by atoms with Crippen molar-refractivity contribution in [2.45, 2.75) is 56.6 Å². The number of piperidine rings is 1. The maximum Gasteiger partial charge on any atom is 0.245 e. The minimum Gasteiger partial charge on any atom is -0.315 e. The molecule has 2 heterocycles. The molecule has 0 radical (unpaired) electrons. The van der Waals surface area contributed by atoms with Crippen LogP contribution >= 0.6 is 27.3 Å². The molecule has 1 aliphatic rings. The zero-order chi connectivity index (χ0) is 14.9. The van der Waals surface area contributed by atoms with Crippen LogP contribution in [0.5, 0.6) is 0 Å². The van der Waals surface area contributed by atoms with Gasteiger partial charge in [0.05, 0.1) is 3.79 Å². The lowest BCUT2D eigenvalue weighted by atomic mass is 10.0. The summed E-state index contributed by atoms with van der Waals surface area (Å²) >= 11 is 4.89. The van der Waals surface area contributed by atoms with E-state index in [1.165, 1.54) is 11.3 Å². The van der Waals surface area contributed by atoms with Crippen LogP contribution in [0.15, 0.2) is 14.7 Å². The van der Waals surface area contributed by atoms with Gasteiger partial charge in [0.2, 0.25) is 10.0 Å². The number of nitrogens with zero attached hydrogens (tertiary/aromatic N) is 1. The van der Waals surface area contributed by atoms with Crippen LogP contribution in [0.2, 0.25) is 0 Å². The van der Waals surface area contributed by atoms with Gasteiger partial charge in [-0.25, -0.2) is 8.42 Å². The van der Waals surface area contributed by atoms with E-state index in [9.17, 15) is 8.42 Å². The SMILES string of the molecule is CNCc1cc(S(=O)(=O)N2[C@H](C)CCC[C@@H]2C)c(Br)s1. The third-order valence-electron chi connectivity index (χ3n) is 3.73. The molecule has 0 spiro atoms. The predicted molar refractivity (Wildman–Crippen MR) is 86.6 cm³/mol. The van der Waals surface area contributed by atoms with Gasteiger partial charge in [0.1, 0.15) is 4.90 Å². The van der Waals surface area contributed by atoms with Gasteiger partial charge in [-0.3, -0.25) is 0 Å². The minimum atomic E-state index is -3.42. The Bertz CT molecular complexity index is 561. The molecule has 1 aromatic rings. The Morgan fingerprint density at radius 2 is 2.00 bits per heavy atom. The summed E-state index contributed by atoms with van der Waals surface area (Å²) in [6, 6.07) is 1.93. The lowest BCUT2D eigenvalue weighted by Crippen LogP contribution is -2.47. The summed E-state index contributed by atoms with van der Waals surface area (Å²) in [4.78, 5) is 1.43. The third-order valence-corrected chi connectivity index (χ3v) is 8.11. The van der Waals surface area contributed by atoms with Crippen molar-refractivity contribution in [2.24, 2.45) is 0 Å². The number of nitrogens with one attached hydrogen (secondary N) is 1. The molecule has 0 bridgehead atoms. The first-order valence-corrected chi connectivity index (χ1v) is 9.89. The number of hydrogen-bond acceptors (Lipinski definition) is 4. The first kappa shape index (κ1) is 16.4. The number of sulfonamides is 1. The van der Waals surface area contributed by atoms with Crippen molar-refractivity contribution < 1.29 is 8.42 Å². The second-order valence-electron chi connectivity index (χ2n) is 5.34. The summed E-state index contributed by atoms with van der Waals surface area (Å²) < 4.78 is 28.2. The van der Waals surface area contributed by atoms with Crippen molar-refractivity contribution in [1.82, 2.24) is 9.62 Å². The fourth-order valence-corrected chi connectivity index (χ4v) is 7.35. The number of hydrogen-bond donors (Lipinski definition) is 1. The maximum absolute atomic E-state index is 12.9. The summed E-state index contributed by atoms with van der Waals surface area (Å²) in [6.45, 7) is 4.69. The van der Waals surface area contributed by atoms with Crippen LogP contribution in [0.25, 0.3) is 0 Å². The molecule has 7 heteroatoms. The topological polar surface area (TPSA) is 49.4 Å². The predicted octanol–water partition coefficient (Wildman–Crippen LogP) is 3.18. The summed E-state index contributed by atoms with van der Waals surface area (Å²) in [5, 5.41) is 3.05. The van der Waals surface area contributed by atoms with Crippen molar-refractivity contribution in [3.63, 3.8) is 0 Å². The van der Waals surface area contributed by atoms with Gasteiger partial charge >= 0.3 is 0 Å². The molecule has 0 amide bonds. The van der Waals surface area contributed by atoms with Crippen molar-refractivity contribution in [3.05, 3.63) is 14.7 Å². The summed E-state index contributed by atoms with van der Waals surface area (Å²) in [5.41, 5.74) is 0. The van der Waals surface area contributed by atoms with Crippen LogP contribution in [0.1, 0.15) is 38.0 Å². The highest BCUT2D eigenvalue weighted by atomic mass is 79.9. The fourth-order valence-electron chi connectivity index (χ4n) is 2.82. The average Bonchev–Trinajstić information content (AvgIpc) is 2.71. The molecule has 1 aromatic heterocycles. The smallest absolute Gasteiger partial charge is 0.245 e. The van der Waals surface area contributed by atoms with Gasteiger partial charge < -0.3 is 5.32 Å². The van der Waals surface area contributed by atoms with Gasteiger partial charge in [0.25, 0.3) is 0 Å². The molecule has 0 aromatic carbocycles. The van der Waals surface area contributed by atoms with Gasteiger partial charge in [-0.05, 0) is 55.7 Å². The lowest BCUT2D eigenvalue weighted by Gasteiger charge is -2.37. The Morgan fingerprint density at radius 3 is 2.55 bits per heavy atom. The van der Waals surface area contributed by atoms with Crippen LogP contribution in [-0.4, -0.2) is 31.9 Å². The molecule has 1 aliphatic heterocycles. The average molecular weight is 381 g/mol. The van der Waals surface area contributed by atoms with E-state index in [-0.39, 0.29) is 12.1 Å². The summed E-state index contributed by atoms with van der Waals surface area (Å²) in [6.07, 6.45) is 2.98. The van der Waals surface area contributed by atoms with Gasteiger partial charge in [-0.1, -0.05) is 6.42 Å². The van der Waals surface area contributed by atoms with Crippen LogP contribution in [-0.2, 0) is 16.6 Å². The monoisotopic (exact) mass is 380 g/mol. The fraction of sp³-hybridized carbons (Fsp3) is 0.692. The van der Waals surface area contributed by atoms with E-state index in [4.69, 9.17) is 0 Å². The molecule has 1 fully saturated rings. The molecule has 1 saturated heterocycles. The second kappa shape index (κ2) is 6.44. The van der Waals surface area contributed by atoms with Gasteiger partial charge in [0, 0.05) is 23.5 Å². The Morgan fingerprint density at radius 1 is 1.40 bits per heavy atom. The van der Waals surface area contributed by atoms with E-state index < -0.39 is 10.0 Å². The van der Waals surface area contributed by atoms with Crippen molar-refractivity contribution in [3.8, 4) is 0 Å². The van der Waals surface area contributed by atoms with Crippen molar-refractivity contribution in [1.29, 1.82) is 0 Å². The summed E-state index contributed by atoms with van der Waals surface area (Å²) in [5.74, 6) is 0. The molecule has 2 rings (SSSR count). The molecule has 0 saturated carbocycles. The first-order valence-electron chi connectivity index (χ1n) is 6.84. The number of rotatable bonds is 4. The molecule has 2 atom stereocenters. The molecule has 114 valence electrons. The van der Waals surface area contributed by atoms with Gasteiger partial charge in [0.15, 0.2) is 0 Å². The van der Waals surface area contributed by atoms with Crippen molar-refractivity contribution in [2.75, 3.05) is 7.05 Å². The van der Waals surface area contributed by atoms with E-state index in [0.717, 1.165) is 24.1 Å². The number of thiophene rings is 1. The van der Waals surface area contributed by atoms with E-state index in [1.54, 1.807) is 10.4 Å².